The van der Waals surface area contributed by atoms with Crippen LogP contribution in [0.2, 0.25) is 0 Å². The summed E-state index contributed by atoms with van der Waals surface area (Å²) >= 11 is 0. The minimum absolute atomic E-state index is 0.0868. The molecule has 2 amide bonds. The molecule has 18 nitrogen and oxygen atoms in total. The number of rotatable bonds is 8. The average Bonchev–Trinajstić information content (AvgIpc) is 4.17. The Morgan fingerprint density at radius 3 is 1.48 bits per heavy atom. The number of amides is 2. The molecule has 4 aromatic heterocycles. The molecule has 0 bridgehead atoms. The lowest BCUT2D eigenvalue weighted by atomic mass is 10.0. The third-order valence-corrected chi connectivity index (χ3v) is 12.2. The van der Waals surface area contributed by atoms with Crippen LogP contribution in [0.25, 0.3) is 33.9 Å². The molecule has 4 aliphatic heterocycles. The number of hydrogen-bond acceptors (Lipinski definition) is 14. The van der Waals surface area contributed by atoms with E-state index < -0.39 is 23.8 Å². The van der Waals surface area contributed by atoms with Crippen molar-refractivity contribution in [2.45, 2.75) is 50.3 Å². The first-order chi connectivity index (χ1) is 32.0. The number of benzene rings is 2. The third kappa shape index (κ3) is 8.07. The quantitative estimate of drug-likeness (QED) is 0.171. The van der Waals surface area contributed by atoms with E-state index in [0.29, 0.717) is 84.5 Å². The SMILES string of the molecule is CO[C@@H]1CN(c2ccn(-c3cc(-c4c(F)cccc4C#N)nc4c3C(=O)NC4)n2)CC[C@H]1O.CO[C@H]1CN(c2ccn(-c3cc(-c4c(F)cccc4C#N)nc4c3C(=O)NC4)n2)CC[C@@H]1O. The number of aliphatic hydroxyl groups excluding tert-OH is 2. The highest BCUT2D eigenvalue weighted by Crippen LogP contribution is 2.34. The number of halogens is 2. The largest absolute Gasteiger partial charge is 0.390 e. The highest BCUT2D eigenvalue weighted by molar-refractivity contribution is 6.02. The van der Waals surface area contributed by atoms with Crippen LogP contribution in [0.4, 0.5) is 20.4 Å². The molecule has 0 saturated carbocycles. The molecule has 2 saturated heterocycles. The van der Waals surface area contributed by atoms with Gasteiger partial charge in [0.2, 0.25) is 0 Å². The number of carbonyl (C=O) groups excluding carboxylic acids is 2. The van der Waals surface area contributed by atoms with Crippen LogP contribution < -0.4 is 20.4 Å². The van der Waals surface area contributed by atoms with Gasteiger partial charge in [0.15, 0.2) is 11.6 Å². The van der Waals surface area contributed by atoms with Crippen molar-refractivity contribution in [1.82, 2.24) is 40.2 Å². The van der Waals surface area contributed by atoms with E-state index in [2.05, 4.69) is 30.8 Å². The maximum atomic E-state index is 14.7. The molecule has 2 fully saturated rings. The van der Waals surface area contributed by atoms with Gasteiger partial charge in [0.1, 0.15) is 23.8 Å². The van der Waals surface area contributed by atoms with Gasteiger partial charge in [-0.25, -0.2) is 28.1 Å². The Morgan fingerprint density at radius 2 is 1.09 bits per heavy atom. The van der Waals surface area contributed by atoms with Gasteiger partial charge in [0.25, 0.3) is 11.8 Å². The van der Waals surface area contributed by atoms with Crippen molar-refractivity contribution < 1.29 is 38.1 Å². The van der Waals surface area contributed by atoms with Crippen LogP contribution in [0.5, 0.6) is 0 Å². The number of nitriles is 2. The minimum Gasteiger partial charge on any atom is -0.390 e. The van der Waals surface area contributed by atoms with Gasteiger partial charge in [-0.05, 0) is 49.2 Å². The van der Waals surface area contributed by atoms with Crippen molar-refractivity contribution in [3.63, 3.8) is 0 Å². The molecule has 4 N–H and O–H groups in total. The molecular weight excluding hydrogens is 855 g/mol. The standard InChI is InChI=1S/2C23H21FN6O3/c2*1-33-19-12-29(7-5-18(19)31)20-6-8-30(28-20)17-9-15(27-16-11-26-23(32)22(16)17)21-13(10-25)3-2-4-14(21)24/h2*2-4,6,8-9,18-19,31H,5,7,11-12H2,1H3,(H,26,32)/t2*18-,19-/m10/s1. The van der Waals surface area contributed by atoms with Crippen LogP contribution in [-0.4, -0.2) is 116 Å². The average molecular weight is 897 g/mol. The van der Waals surface area contributed by atoms with Gasteiger partial charge < -0.3 is 40.1 Å². The van der Waals surface area contributed by atoms with Crippen LogP contribution in [-0.2, 0) is 22.6 Å². The first-order valence-corrected chi connectivity index (χ1v) is 21.1. The molecule has 0 radical (unpaired) electrons. The Kier molecular flexibility index (Phi) is 12.0. The predicted molar refractivity (Wildman–Crippen MR) is 233 cm³/mol. The number of carbonyl (C=O) groups is 2. The zero-order chi connectivity index (χ0) is 46.2. The molecule has 0 spiro atoms. The van der Waals surface area contributed by atoms with E-state index >= 15 is 0 Å². The van der Waals surface area contributed by atoms with Crippen LogP contribution in [0.15, 0.2) is 73.1 Å². The van der Waals surface area contributed by atoms with Gasteiger partial charge in [-0.2, -0.15) is 20.7 Å². The molecule has 2 aromatic carbocycles. The van der Waals surface area contributed by atoms with Crippen molar-refractivity contribution in [2.75, 3.05) is 50.2 Å². The Labute approximate surface area is 376 Å². The summed E-state index contributed by atoms with van der Waals surface area (Å²) in [6.07, 6.45) is 2.84. The van der Waals surface area contributed by atoms with Gasteiger partial charge in [-0.1, -0.05) is 12.1 Å². The molecule has 0 aliphatic carbocycles. The number of hydrogen-bond donors (Lipinski definition) is 4. The lowest BCUT2D eigenvalue weighted by Crippen LogP contribution is -2.47. The van der Waals surface area contributed by atoms with Gasteiger partial charge in [0.05, 0.1) is 105 Å². The predicted octanol–water partition coefficient (Wildman–Crippen LogP) is 3.55. The lowest BCUT2D eigenvalue weighted by molar-refractivity contribution is -0.0207. The molecule has 4 aliphatic rings. The summed E-state index contributed by atoms with van der Waals surface area (Å²) in [6, 6.07) is 19.3. The second-order valence-electron chi connectivity index (χ2n) is 16.0. The minimum atomic E-state index is -0.566. The summed E-state index contributed by atoms with van der Waals surface area (Å²) in [5.74, 6) is -0.376. The Morgan fingerprint density at radius 1 is 0.667 bits per heavy atom. The number of nitrogens with one attached hydrogen (secondary N) is 2. The first kappa shape index (κ1) is 43.6. The van der Waals surface area contributed by atoms with E-state index in [1.54, 1.807) is 48.1 Å². The van der Waals surface area contributed by atoms with E-state index in [9.17, 15) is 39.1 Å². The molecule has 4 atom stereocenters. The topological polar surface area (TPSA) is 233 Å². The van der Waals surface area contributed by atoms with Crippen molar-refractivity contribution in [3.8, 4) is 46.0 Å². The molecule has 0 unspecified atom stereocenters. The number of anilines is 2. The zero-order valence-electron chi connectivity index (χ0n) is 35.6. The van der Waals surface area contributed by atoms with Crippen molar-refractivity contribution in [3.05, 3.63) is 118 Å². The molecule has 66 heavy (non-hydrogen) atoms. The van der Waals surface area contributed by atoms with E-state index in [-0.39, 0.29) is 70.8 Å². The summed E-state index contributed by atoms with van der Waals surface area (Å²) in [5.41, 5.74) is 3.57. The molecule has 10 rings (SSSR count). The highest BCUT2D eigenvalue weighted by Gasteiger charge is 2.33. The normalized spacial score (nSPS) is 19.8. The van der Waals surface area contributed by atoms with Gasteiger partial charge >= 0.3 is 0 Å². The fraction of sp³-hybridized carbons (Fsp3) is 0.304. The fourth-order valence-electron chi connectivity index (χ4n) is 8.72. The van der Waals surface area contributed by atoms with Crippen molar-refractivity contribution >= 4 is 23.5 Å². The van der Waals surface area contributed by atoms with E-state index in [1.807, 2.05) is 34.1 Å². The second-order valence-corrected chi connectivity index (χ2v) is 16.0. The molecule has 8 heterocycles. The highest BCUT2D eigenvalue weighted by atomic mass is 19.1. The Balaban J connectivity index is 0.000000166. The smallest absolute Gasteiger partial charge is 0.255 e. The number of fused-ring (bicyclic) bond motifs is 2. The summed E-state index contributed by atoms with van der Waals surface area (Å²) < 4.78 is 43.3. The number of nitrogens with zero attached hydrogens (tertiary/aromatic N) is 10. The molecule has 6 aromatic rings. The van der Waals surface area contributed by atoms with E-state index in [4.69, 9.17) is 9.47 Å². The first-order valence-electron chi connectivity index (χ1n) is 21.1. The number of pyridine rings is 2. The van der Waals surface area contributed by atoms with Gasteiger partial charge in [0, 0.05) is 64.9 Å². The Bertz CT molecular complexity index is 2760. The number of piperidine rings is 2. The lowest BCUT2D eigenvalue weighted by Gasteiger charge is -2.35. The number of methoxy groups -OCH3 is 2. The monoisotopic (exact) mass is 896 g/mol. The summed E-state index contributed by atoms with van der Waals surface area (Å²) in [6.45, 7) is 2.60. The number of ether oxygens (including phenoxy) is 2. The van der Waals surface area contributed by atoms with Gasteiger partial charge in [-0.15, -0.1) is 0 Å². The second kappa shape index (κ2) is 18.1. The molecular formula is C46H42F2N12O6. The van der Waals surface area contributed by atoms with E-state index in [1.165, 1.54) is 36.4 Å². The van der Waals surface area contributed by atoms with E-state index in [0.717, 1.165) is 0 Å². The Hall–Kier alpha value is -7.62. The number of aliphatic hydroxyl groups is 2. The zero-order valence-corrected chi connectivity index (χ0v) is 35.6. The van der Waals surface area contributed by atoms with Gasteiger partial charge in [-0.3, -0.25) is 9.59 Å². The third-order valence-electron chi connectivity index (χ3n) is 12.2. The molecule has 336 valence electrons. The summed E-state index contributed by atoms with van der Waals surface area (Å²) in [5, 5.41) is 53.9. The number of aromatic nitrogens is 6. The molecule has 20 heteroatoms. The maximum absolute atomic E-state index is 14.7. The maximum Gasteiger partial charge on any atom is 0.255 e. The van der Waals surface area contributed by atoms with Crippen LogP contribution in [0.1, 0.15) is 56.1 Å². The van der Waals surface area contributed by atoms with Crippen LogP contribution in [0.3, 0.4) is 0 Å². The summed E-state index contributed by atoms with van der Waals surface area (Å²) in [4.78, 5) is 38.1. The van der Waals surface area contributed by atoms with Crippen LogP contribution in [0, 0.1) is 34.3 Å². The van der Waals surface area contributed by atoms with Crippen molar-refractivity contribution in [2.24, 2.45) is 0 Å². The van der Waals surface area contributed by atoms with Crippen LogP contribution >= 0.6 is 0 Å². The fourth-order valence-corrected chi connectivity index (χ4v) is 8.72. The summed E-state index contributed by atoms with van der Waals surface area (Å²) in [7, 11) is 3.13. The van der Waals surface area contributed by atoms with Crippen molar-refractivity contribution in [1.29, 1.82) is 10.5 Å².